The normalized spacial score (nSPS) is 16.7. The predicted octanol–water partition coefficient (Wildman–Crippen LogP) is 4.41. The summed E-state index contributed by atoms with van der Waals surface area (Å²) in [4.78, 5) is 34.0. The summed E-state index contributed by atoms with van der Waals surface area (Å²) in [5.74, 6) is -0.00452. The number of nitrogens with zero attached hydrogens (tertiary/aromatic N) is 4. The minimum atomic E-state index is -0.139. The summed E-state index contributed by atoms with van der Waals surface area (Å²) >= 11 is 0. The monoisotopic (exact) mass is 428 g/mol. The molecular weight excluding hydrogens is 400 g/mol. The summed E-state index contributed by atoms with van der Waals surface area (Å²) in [6, 6.07) is 15.8. The lowest BCUT2D eigenvalue weighted by Gasteiger charge is -2.35. The van der Waals surface area contributed by atoms with Crippen LogP contribution in [-0.2, 0) is 6.54 Å². The number of aromatic nitrogens is 3. The molecule has 1 atom stereocenters. The van der Waals surface area contributed by atoms with Gasteiger partial charge in [-0.3, -0.25) is 14.0 Å². The Bertz CT molecular complexity index is 1350. The molecule has 1 aliphatic rings. The third-order valence-corrected chi connectivity index (χ3v) is 6.57. The Morgan fingerprint density at radius 2 is 1.94 bits per heavy atom. The summed E-state index contributed by atoms with van der Waals surface area (Å²) in [6.45, 7) is 5.34. The van der Waals surface area contributed by atoms with Gasteiger partial charge < -0.3 is 9.47 Å². The van der Waals surface area contributed by atoms with Gasteiger partial charge in [-0.1, -0.05) is 43.3 Å². The van der Waals surface area contributed by atoms with Crippen LogP contribution in [0, 0.1) is 6.92 Å². The number of piperidine rings is 1. The van der Waals surface area contributed by atoms with Gasteiger partial charge in [-0.25, -0.2) is 4.98 Å². The van der Waals surface area contributed by atoms with E-state index in [1.54, 1.807) is 16.7 Å². The molecule has 32 heavy (non-hydrogen) atoms. The van der Waals surface area contributed by atoms with Crippen molar-refractivity contribution in [1.82, 2.24) is 18.9 Å². The minimum absolute atomic E-state index is 0.00452. The number of likely N-dealkylation sites (tertiary alicyclic amines) is 1. The lowest BCUT2D eigenvalue weighted by Crippen LogP contribution is -2.44. The van der Waals surface area contributed by atoms with Gasteiger partial charge in [0.1, 0.15) is 17.0 Å². The molecule has 0 aliphatic carbocycles. The summed E-state index contributed by atoms with van der Waals surface area (Å²) in [5, 5.41) is 0.484. The lowest BCUT2D eigenvalue weighted by molar-refractivity contribution is 0.0598. The van der Waals surface area contributed by atoms with Crippen LogP contribution in [0.5, 0.6) is 0 Å². The molecule has 6 nitrogen and oxygen atoms in total. The van der Waals surface area contributed by atoms with Gasteiger partial charge in [-0.05, 0) is 55.9 Å². The molecule has 0 bridgehead atoms. The van der Waals surface area contributed by atoms with Crippen LogP contribution in [0.3, 0.4) is 0 Å². The van der Waals surface area contributed by atoms with Crippen molar-refractivity contribution in [2.45, 2.75) is 52.1 Å². The highest BCUT2D eigenvalue weighted by molar-refractivity contribution is 5.98. The zero-order valence-corrected chi connectivity index (χ0v) is 18.6. The van der Waals surface area contributed by atoms with Crippen molar-refractivity contribution in [2.24, 2.45) is 0 Å². The standard InChI is InChI=1S/C26H28N4O2/c1-3-20-11-7-8-14-28(20)26(32)22-15-21-24(29(22)17-19-9-5-4-6-10-19)27-23-13-12-18(2)16-30(23)25(21)31/h4-6,9-10,12-13,15-16,20H,3,7-8,11,14,17H2,1-2H3. The Morgan fingerprint density at radius 1 is 1.12 bits per heavy atom. The highest BCUT2D eigenvalue weighted by Gasteiger charge is 2.29. The van der Waals surface area contributed by atoms with Gasteiger partial charge in [0.05, 0.1) is 5.39 Å². The van der Waals surface area contributed by atoms with E-state index in [1.165, 1.54) is 0 Å². The van der Waals surface area contributed by atoms with Gasteiger partial charge in [0.2, 0.25) is 0 Å². The first kappa shape index (κ1) is 20.5. The highest BCUT2D eigenvalue weighted by atomic mass is 16.2. The van der Waals surface area contributed by atoms with Crippen molar-refractivity contribution in [3.63, 3.8) is 0 Å². The molecular formula is C26H28N4O2. The maximum atomic E-state index is 13.8. The second-order valence-corrected chi connectivity index (χ2v) is 8.75. The Labute approximate surface area is 187 Å². The molecule has 1 unspecified atom stereocenters. The molecule has 1 aromatic carbocycles. The number of hydrogen-bond acceptors (Lipinski definition) is 3. The fourth-order valence-corrected chi connectivity index (χ4v) is 4.85. The number of carbonyl (C=O) groups is 1. The van der Waals surface area contributed by atoms with Gasteiger partial charge in [0.15, 0.2) is 0 Å². The zero-order chi connectivity index (χ0) is 22.2. The Morgan fingerprint density at radius 3 is 2.72 bits per heavy atom. The second kappa shape index (κ2) is 8.26. The zero-order valence-electron chi connectivity index (χ0n) is 18.6. The van der Waals surface area contributed by atoms with Crippen LogP contribution in [0.2, 0.25) is 0 Å². The molecule has 0 spiro atoms. The van der Waals surface area contributed by atoms with E-state index in [0.29, 0.717) is 28.9 Å². The van der Waals surface area contributed by atoms with Crippen LogP contribution in [0.15, 0.2) is 59.5 Å². The molecule has 6 heteroatoms. The van der Waals surface area contributed by atoms with Crippen molar-refractivity contribution in [2.75, 3.05) is 6.54 Å². The summed E-state index contributed by atoms with van der Waals surface area (Å²) in [7, 11) is 0. The Hall–Kier alpha value is -3.41. The lowest BCUT2D eigenvalue weighted by atomic mass is 9.99. The van der Waals surface area contributed by atoms with Gasteiger partial charge in [-0.15, -0.1) is 0 Å². The number of rotatable bonds is 4. The van der Waals surface area contributed by atoms with Crippen LogP contribution in [0.25, 0.3) is 16.7 Å². The summed E-state index contributed by atoms with van der Waals surface area (Å²) in [6.07, 6.45) is 5.95. The molecule has 3 aromatic heterocycles. The number of hydrogen-bond donors (Lipinski definition) is 0. The van der Waals surface area contributed by atoms with Crippen LogP contribution >= 0.6 is 0 Å². The van der Waals surface area contributed by atoms with Crippen molar-refractivity contribution in [3.05, 3.63) is 81.9 Å². The van der Waals surface area contributed by atoms with E-state index in [1.807, 2.05) is 58.9 Å². The van der Waals surface area contributed by atoms with E-state index < -0.39 is 0 Å². The second-order valence-electron chi connectivity index (χ2n) is 8.75. The molecule has 1 amide bonds. The van der Waals surface area contributed by atoms with Crippen LogP contribution in [0.4, 0.5) is 0 Å². The maximum Gasteiger partial charge on any atom is 0.270 e. The average Bonchev–Trinajstić information content (AvgIpc) is 3.18. The first-order chi connectivity index (χ1) is 15.6. The quantitative estimate of drug-likeness (QED) is 0.484. The van der Waals surface area contributed by atoms with E-state index >= 15 is 0 Å². The topological polar surface area (TPSA) is 59.6 Å². The number of carbonyl (C=O) groups excluding carboxylic acids is 1. The molecule has 0 N–H and O–H groups in total. The van der Waals surface area contributed by atoms with Crippen molar-refractivity contribution in [1.29, 1.82) is 0 Å². The number of fused-ring (bicyclic) bond motifs is 2. The van der Waals surface area contributed by atoms with Crippen molar-refractivity contribution in [3.8, 4) is 0 Å². The van der Waals surface area contributed by atoms with Crippen LogP contribution in [-0.4, -0.2) is 37.3 Å². The van der Waals surface area contributed by atoms with Gasteiger partial charge in [0, 0.05) is 25.3 Å². The molecule has 1 aliphatic heterocycles. The molecule has 1 saturated heterocycles. The van der Waals surface area contributed by atoms with Gasteiger partial charge in [-0.2, -0.15) is 0 Å². The minimum Gasteiger partial charge on any atom is -0.334 e. The number of pyridine rings is 1. The maximum absolute atomic E-state index is 13.8. The van der Waals surface area contributed by atoms with E-state index in [-0.39, 0.29) is 17.5 Å². The number of amides is 1. The summed E-state index contributed by atoms with van der Waals surface area (Å²) in [5.41, 5.74) is 3.61. The molecule has 5 rings (SSSR count). The molecule has 164 valence electrons. The van der Waals surface area contributed by atoms with E-state index in [4.69, 9.17) is 4.98 Å². The fourth-order valence-electron chi connectivity index (χ4n) is 4.85. The SMILES string of the molecule is CCC1CCCCN1C(=O)c1cc2c(=O)n3cc(C)ccc3nc2n1Cc1ccccc1. The smallest absolute Gasteiger partial charge is 0.270 e. The first-order valence-electron chi connectivity index (χ1n) is 11.4. The molecule has 0 saturated carbocycles. The third-order valence-electron chi connectivity index (χ3n) is 6.57. The summed E-state index contributed by atoms with van der Waals surface area (Å²) < 4.78 is 3.50. The van der Waals surface area contributed by atoms with Crippen LogP contribution < -0.4 is 5.56 Å². The largest absolute Gasteiger partial charge is 0.334 e. The number of benzene rings is 1. The van der Waals surface area contributed by atoms with Crippen molar-refractivity contribution >= 4 is 22.6 Å². The average molecular weight is 429 g/mol. The third kappa shape index (κ3) is 3.49. The van der Waals surface area contributed by atoms with E-state index in [0.717, 1.165) is 43.4 Å². The fraction of sp³-hybridized carbons (Fsp3) is 0.346. The van der Waals surface area contributed by atoms with Crippen LogP contribution in [0.1, 0.15) is 54.2 Å². The van der Waals surface area contributed by atoms with Crippen molar-refractivity contribution < 1.29 is 4.79 Å². The Balaban J connectivity index is 1.72. The van der Waals surface area contributed by atoms with Gasteiger partial charge >= 0.3 is 0 Å². The Kier molecular flexibility index (Phi) is 5.29. The van der Waals surface area contributed by atoms with E-state index in [2.05, 4.69) is 6.92 Å². The van der Waals surface area contributed by atoms with Gasteiger partial charge in [0.25, 0.3) is 11.5 Å². The highest BCUT2D eigenvalue weighted by Crippen LogP contribution is 2.25. The molecule has 4 heterocycles. The molecule has 1 fully saturated rings. The predicted molar refractivity (Wildman–Crippen MR) is 126 cm³/mol. The first-order valence-corrected chi connectivity index (χ1v) is 11.4. The molecule has 0 radical (unpaired) electrons. The molecule has 4 aromatic rings. The number of aryl methyl sites for hydroxylation is 1. The van der Waals surface area contributed by atoms with E-state index in [9.17, 15) is 9.59 Å².